The summed E-state index contributed by atoms with van der Waals surface area (Å²) in [5, 5.41) is 9.73. The second kappa shape index (κ2) is 6.31. The van der Waals surface area contributed by atoms with Crippen LogP contribution in [-0.2, 0) is 6.42 Å². The van der Waals surface area contributed by atoms with Gasteiger partial charge in [0.05, 0.1) is 6.61 Å². The molecule has 1 saturated heterocycles. The Morgan fingerprint density at radius 2 is 1.95 bits per heavy atom. The normalized spacial score (nSPS) is 23.6. The van der Waals surface area contributed by atoms with Gasteiger partial charge in [-0.3, -0.25) is 9.80 Å². The fourth-order valence-corrected chi connectivity index (χ4v) is 3.21. The molecule has 0 radical (unpaired) electrons. The molecule has 1 aromatic rings. The molecule has 1 aromatic carbocycles. The van der Waals surface area contributed by atoms with Crippen molar-refractivity contribution in [1.29, 1.82) is 0 Å². The van der Waals surface area contributed by atoms with E-state index in [0.29, 0.717) is 0 Å². The van der Waals surface area contributed by atoms with Crippen molar-refractivity contribution in [2.24, 2.45) is 0 Å². The molecule has 20 heavy (non-hydrogen) atoms. The topological polar surface area (TPSA) is 35.9 Å². The van der Waals surface area contributed by atoms with Gasteiger partial charge in [-0.2, -0.15) is 0 Å². The van der Waals surface area contributed by atoms with Gasteiger partial charge in [-0.25, -0.2) is 0 Å². The summed E-state index contributed by atoms with van der Waals surface area (Å²) in [6.07, 6.45) is 1.19. The number of rotatable bonds is 4. The van der Waals surface area contributed by atoms with Crippen molar-refractivity contribution in [3.05, 3.63) is 28.8 Å². The van der Waals surface area contributed by atoms with Gasteiger partial charge in [-0.15, -0.1) is 0 Å². The quantitative estimate of drug-likeness (QED) is 0.907. The Balaban J connectivity index is 1.49. The highest BCUT2D eigenvalue weighted by Crippen LogP contribution is 2.31. The number of hydrogen-bond donors (Lipinski definition) is 1. The minimum Gasteiger partial charge on any atom is -0.488 e. The van der Waals surface area contributed by atoms with E-state index in [1.165, 1.54) is 5.56 Å². The lowest BCUT2D eigenvalue weighted by Crippen LogP contribution is -2.49. The van der Waals surface area contributed by atoms with Crippen molar-refractivity contribution in [3.63, 3.8) is 0 Å². The first-order chi connectivity index (χ1) is 9.74. The minimum absolute atomic E-state index is 0.243. The maximum absolute atomic E-state index is 8.95. The lowest BCUT2D eigenvalue weighted by molar-refractivity contribution is 0.0826. The SMILES string of the molecule is OCCN1CCN(CC2Cc3cc(Cl)ccc3O2)CC1. The summed E-state index contributed by atoms with van der Waals surface area (Å²) in [7, 11) is 0. The van der Waals surface area contributed by atoms with E-state index in [9.17, 15) is 0 Å². The molecule has 1 unspecified atom stereocenters. The van der Waals surface area contributed by atoms with E-state index in [0.717, 1.165) is 56.5 Å². The lowest BCUT2D eigenvalue weighted by Gasteiger charge is -2.35. The maximum atomic E-state index is 8.95. The molecular formula is C15H21ClN2O2. The van der Waals surface area contributed by atoms with E-state index in [1.54, 1.807) is 0 Å². The van der Waals surface area contributed by atoms with Gasteiger partial charge >= 0.3 is 0 Å². The van der Waals surface area contributed by atoms with Gasteiger partial charge < -0.3 is 9.84 Å². The standard InChI is InChI=1S/C15H21ClN2O2/c16-13-1-2-15-12(9-13)10-14(20-15)11-18-5-3-17(4-6-18)7-8-19/h1-2,9,14,19H,3-8,10-11H2. The Hall–Kier alpha value is -0.810. The van der Waals surface area contributed by atoms with E-state index in [1.807, 2.05) is 18.2 Å². The van der Waals surface area contributed by atoms with Crippen molar-refractivity contribution < 1.29 is 9.84 Å². The smallest absolute Gasteiger partial charge is 0.123 e. The zero-order chi connectivity index (χ0) is 13.9. The van der Waals surface area contributed by atoms with Crippen molar-refractivity contribution >= 4 is 11.6 Å². The first-order valence-electron chi connectivity index (χ1n) is 7.25. The third-order valence-electron chi connectivity index (χ3n) is 4.11. The Morgan fingerprint density at radius 1 is 1.20 bits per heavy atom. The molecule has 5 heteroatoms. The molecule has 0 bridgehead atoms. The highest BCUT2D eigenvalue weighted by molar-refractivity contribution is 6.30. The van der Waals surface area contributed by atoms with Gasteiger partial charge in [0, 0.05) is 50.7 Å². The van der Waals surface area contributed by atoms with Gasteiger partial charge in [0.2, 0.25) is 0 Å². The number of aliphatic hydroxyl groups excluding tert-OH is 1. The Morgan fingerprint density at radius 3 is 2.70 bits per heavy atom. The number of piperazine rings is 1. The summed E-state index contributed by atoms with van der Waals surface area (Å²) in [6, 6.07) is 5.86. The monoisotopic (exact) mass is 296 g/mol. The first-order valence-corrected chi connectivity index (χ1v) is 7.63. The number of β-amino-alcohol motifs (C(OH)–C–C–N with tert-alkyl or cyclic N) is 1. The summed E-state index contributed by atoms with van der Waals surface area (Å²) in [5.41, 5.74) is 1.22. The average Bonchev–Trinajstić information content (AvgIpc) is 2.82. The van der Waals surface area contributed by atoms with E-state index in [4.69, 9.17) is 21.4 Å². The number of hydrogen-bond acceptors (Lipinski definition) is 4. The molecule has 1 N–H and O–H groups in total. The van der Waals surface area contributed by atoms with E-state index in [2.05, 4.69) is 9.80 Å². The summed E-state index contributed by atoms with van der Waals surface area (Å²) < 4.78 is 5.99. The number of nitrogens with zero attached hydrogens (tertiary/aromatic N) is 2. The van der Waals surface area contributed by atoms with Crippen molar-refractivity contribution in [1.82, 2.24) is 9.80 Å². The van der Waals surface area contributed by atoms with Gasteiger partial charge in [-0.05, 0) is 23.8 Å². The maximum Gasteiger partial charge on any atom is 0.123 e. The van der Waals surface area contributed by atoms with Crippen LogP contribution in [0.15, 0.2) is 18.2 Å². The number of aliphatic hydroxyl groups is 1. The van der Waals surface area contributed by atoms with Crippen LogP contribution in [0.5, 0.6) is 5.75 Å². The van der Waals surface area contributed by atoms with Gasteiger partial charge in [0.1, 0.15) is 11.9 Å². The molecule has 110 valence electrons. The molecule has 1 fully saturated rings. The van der Waals surface area contributed by atoms with Crippen molar-refractivity contribution in [3.8, 4) is 5.75 Å². The predicted octanol–water partition coefficient (Wildman–Crippen LogP) is 1.25. The molecule has 2 aliphatic rings. The molecule has 0 saturated carbocycles. The highest BCUT2D eigenvalue weighted by atomic mass is 35.5. The van der Waals surface area contributed by atoms with Crippen LogP contribution in [0.25, 0.3) is 0 Å². The zero-order valence-corrected chi connectivity index (χ0v) is 12.4. The minimum atomic E-state index is 0.243. The van der Waals surface area contributed by atoms with Crippen LogP contribution in [0, 0.1) is 0 Å². The second-order valence-corrected chi connectivity index (χ2v) is 6.00. The van der Waals surface area contributed by atoms with E-state index >= 15 is 0 Å². The fourth-order valence-electron chi connectivity index (χ4n) is 3.02. The number of fused-ring (bicyclic) bond motifs is 1. The summed E-state index contributed by atoms with van der Waals surface area (Å²) in [6.45, 7) is 6.19. The third kappa shape index (κ3) is 3.26. The molecule has 4 nitrogen and oxygen atoms in total. The predicted molar refractivity (Wildman–Crippen MR) is 79.5 cm³/mol. The molecule has 0 aliphatic carbocycles. The average molecular weight is 297 g/mol. The Bertz CT molecular complexity index is 461. The van der Waals surface area contributed by atoms with E-state index < -0.39 is 0 Å². The lowest BCUT2D eigenvalue weighted by atomic mass is 10.1. The molecule has 2 heterocycles. The zero-order valence-electron chi connectivity index (χ0n) is 11.6. The van der Waals surface area contributed by atoms with Gasteiger partial charge in [0.25, 0.3) is 0 Å². The molecule has 0 aromatic heterocycles. The van der Waals surface area contributed by atoms with Gasteiger partial charge in [0.15, 0.2) is 0 Å². The fraction of sp³-hybridized carbons (Fsp3) is 0.600. The molecule has 3 rings (SSSR count). The number of benzene rings is 1. The van der Waals surface area contributed by atoms with Crippen LogP contribution < -0.4 is 4.74 Å². The highest BCUT2D eigenvalue weighted by Gasteiger charge is 2.26. The molecule has 0 spiro atoms. The summed E-state index contributed by atoms with van der Waals surface area (Å²) >= 11 is 6.02. The Kier molecular flexibility index (Phi) is 4.46. The van der Waals surface area contributed by atoms with Crippen LogP contribution in [0.3, 0.4) is 0 Å². The molecule has 0 amide bonds. The number of halogens is 1. The van der Waals surface area contributed by atoms with Crippen LogP contribution in [-0.4, -0.2) is 66.9 Å². The van der Waals surface area contributed by atoms with E-state index in [-0.39, 0.29) is 12.7 Å². The van der Waals surface area contributed by atoms with Crippen LogP contribution in [0.1, 0.15) is 5.56 Å². The van der Waals surface area contributed by atoms with Gasteiger partial charge in [-0.1, -0.05) is 11.6 Å². The molecule has 2 aliphatic heterocycles. The largest absolute Gasteiger partial charge is 0.488 e. The van der Waals surface area contributed by atoms with Crippen LogP contribution in [0.4, 0.5) is 0 Å². The van der Waals surface area contributed by atoms with Crippen molar-refractivity contribution in [2.45, 2.75) is 12.5 Å². The summed E-state index contributed by atoms with van der Waals surface area (Å²) in [4.78, 5) is 4.76. The second-order valence-electron chi connectivity index (χ2n) is 5.56. The third-order valence-corrected chi connectivity index (χ3v) is 4.34. The Labute approximate surface area is 124 Å². The summed E-state index contributed by atoms with van der Waals surface area (Å²) in [5.74, 6) is 0.985. The van der Waals surface area contributed by atoms with Crippen LogP contribution in [0.2, 0.25) is 5.02 Å². The first kappa shape index (κ1) is 14.1. The van der Waals surface area contributed by atoms with Crippen LogP contribution >= 0.6 is 11.6 Å². The molecule has 1 atom stereocenters. The molecular weight excluding hydrogens is 276 g/mol. The number of ether oxygens (including phenoxy) is 1. The van der Waals surface area contributed by atoms with Crippen molar-refractivity contribution in [2.75, 3.05) is 45.9 Å².